The summed E-state index contributed by atoms with van der Waals surface area (Å²) in [6.07, 6.45) is 5.52. The zero-order valence-corrected chi connectivity index (χ0v) is 20.5. The van der Waals surface area contributed by atoms with Gasteiger partial charge in [0, 0.05) is 29.2 Å². The van der Waals surface area contributed by atoms with E-state index in [1.54, 1.807) is 10.8 Å². The van der Waals surface area contributed by atoms with Crippen LogP contribution in [0.2, 0.25) is 0 Å². The number of carbonyl (C=O) groups is 1. The zero-order chi connectivity index (χ0) is 26.6. The Morgan fingerprint density at radius 3 is 2.58 bits per heavy atom. The van der Waals surface area contributed by atoms with Crippen molar-refractivity contribution in [2.45, 2.75) is 32.7 Å². The molecule has 0 aliphatic rings. The number of carboxylic acids is 1. The summed E-state index contributed by atoms with van der Waals surface area (Å²) >= 11 is 0. The van der Waals surface area contributed by atoms with E-state index in [0.717, 1.165) is 40.2 Å². The number of pyridine rings is 1. The molecule has 2 N–H and O–H groups in total. The number of imidazole rings is 1. The summed E-state index contributed by atoms with van der Waals surface area (Å²) in [4.78, 5) is 29.8. The number of carboxylic acid groups (broad SMARTS) is 1. The van der Waals surface area contributed by atoms with Crippen molar-refractivity contribution >= 4 is 5.97 Å². The van der Waals surface area contributed by atoms with Crippen LogP contribution in [-0.2, 0) is 13.0 Å². The van der Waals surface area contributed by atoms with Crippen molar-refractivity contribution in [2.24, 2.45) is 0 Å². The second kappa shape index (κ2) is 10.6. The maximum atomic E-state index is 14.8. The monoisotopic (exact) mass is 513 g/mol. The lowest BCUT2D eigenvalue weighted by Crippen LogP contribution is -2.26. The third-order valence-electron chi connectivity index (χ3n) is 6.28. The average Bonchev–Trinajstić information content (AvgIpc) is 3.57. The van der Waals surface area contributed by atoms with E-state index < -0.39 is 17.5 Å². The number of aryl methyl sites for hydroxylation is 1. The Morgan fingerprint density at radius 2 is 1.89 bits per heavy atom. The highest BCUT2D eigenvalue weighted by atomic mass is 19.1. The van der Waals surface area contributed by atoms with Crippen LogP contribution in [0.25, 0.3) is 28.3 Å². The lowest BCUT2D eigenvalue weighted by molar-refractivity contribution is 0.0696. The average molecular weight is 514 g/mol. The summed E-state index contributed by atoms with van der Waals surface area (Å²) in [7, 11) is 0. The molecule has 3 aromatic heterocycles. The van der Waals surface area contributed by atoms with Gasteiger partial charge in [-0.1, -0.05) is 49.7 Å². The van der Waals surface area contributed by atoms with E-state index in [4.69, 9.17) is 0 Å². The van der Waals surface area contributed by atoms with Gasteiger partial charge in [-0.15, -0.1) is 5.10 Å². The Labute approximate surface area is 216 Å². The minimum Gasteiger partial charge on any atom is -0.478 e. The molecule has 0 aliphatic heterocycles. The molecule has 0 aliphatic carbocycles. The third kappa shape index (κ3) is 4.73. The van der Waals surface area contributed by atoms with Crippen molar-refractivity contribution in [1.29, 1.82) is 0 Å². The van der Waals surface area contributed by atoms with Gasteiger partial charge < -0.3 is 5.11 Å². The molecule has 5 aromatic rings. The highest BCUT2D eigenvalue weighted by Crippen LogP contribution is 2.28. The van der Waals surface area contributed by atoms with E-state index in [2.05, 4.69) is 25.6 Å². The number of benzene rings is 2. The van der Waals surface area contributed by atoms with Crippen molar-refractivity contribution in [1.82, 2.24) is 34.7 Å². The number of halogens is 1. The number of hydrogen-bond donors (Lipinski definition) is 2. The summed E-state index contributed by atoms with van der Waals surface area (Å²) < 4.78 is 17.4. The molecule has 0 saturated carbocycles. The molecule has 10 nitrogen and oxygen atoms in total. The number of tetrazole rings is 1. The molecule has 0 unspecified atom stereocenters. The van der Waals surface area contributed by atoms with Gasteiger partial charge in [0.15, 0.2) is 5.82 Å². The fourth-order valence-electron chi connectivity index (χ4n) is 4.39. The minimum atomic E-state index is -1.31. The second-order valence-corrected chi connectivity index (χ2v) is 8.75. The molecule has 0 amide bonds. The van der Waals surface area contributed by atoms with Crippen LogP contribution in [0.5, 0.6) is 0 Å². The molecule has 0 atom stereocenters. The van der Waals surface area contributed by atoms with Crippen LogP contribution in [0, 0.1) is 5.82 Å². The number of aromatic nitrogens is 7. The highest BCUT2D eigenvalue weighted by molar-refractivity contribution is 5.92. The summed E-state index contributed by atoms with van der Waals surface area (Å²) in [6.45, 7) is 2.23. The van der Waals surface area contributed by atoms with E-state index in [1.807, 2.05) is 43.3 Å². The first-order valence-corrected chi connectivity index (χ1v) is 12.1. The van der Waals surface area contributed by atoms with Crippen molar-refractivity contribution < 1.29 is 14.3 Å². The SMILES string of the molecule is CCCCc1cn(-c2c(F)cccc2C(=O)O)c(=O)n1Cc1ccc(-c2ccccc2-c2nnn[nH]2)nc1. The Balaban J connectivity index is 1.51. The van der Waals surface area contributed by atoms with Crippen molar-refractivity contribution in [3.05, 3.63) is 100 Å². The van der Waals surface area contributed by atoms with Crippen LogP contribution in [0.3, 0.4) is 0 Å². The molecule has 2 aromatic carbocycles. The maximum Gasteiger partial charge on any atom is 0.337 e. The van der Waals surface area contributed by atoms with Gasteiger partial charge in [-0.05, 0) is 47.0 Å². The third-order valence-corrected chi connectivity index (χ3v) is 6.28. The Morgan fingerprint density at radius 1 is 1.08 bits per heavy atom. The Hall–Kier alpha value is -4.93. The van der Waals surface area contributed by atoms with Gasteiger partial charge in [0.1, 0.15) is 11.5 Å². The number of nitrogens with zero attached hydrogens (tertiary/aromatic N) is 6. The number of nitrogens with one attached hydrogen (secondary N) is 1. The second-order valence-electron chi connectivity index (χ2n) is 8.75. The Kier molecular flexibility index (Phi) is 6.90. The molecule has 0 radical (unpaired) electrons. The first kappa shape index (κ1) is 24.8. The molecule has 38 heavy (non-hydrogen) atoms. The van der Waals surface area contributed by atoms with Crippen molar-refractivity contribution in [2.75, 3.05) is 0 Å². The first-order valence-electron chi connectivity index (χ1n) is 12.1. The van der Waals surface area contributed by atoms with Crippen molar-refractivity contribution in [3.8, 4) is 28.3 Å². The van der Waals surface area contributed by atoms with Gasteiger partial charge in [-0.3, -0.25) is 14.1 Å². The van der Waals surface area contributed by atoms with Gasteiger partial charge in [0.05, 0.1) is 17.8 Å². The molecule has 0 fully saturated rings. The number of aromatic amines is 1. The lowest BCUT2D eigenvalue weighted by atomic mass is 10.0. The van der Waals surface area contributed by atoms with Gasteiger partial charge in [-0.2, -0.15) is 0 Å². The van der Waals surface area contributed by atoms with Crippen LogP contribution in [0.4, 0.5) is 4.39 Å². The molecule has 5 rings (SSSR count). The smallest absolute Gasteiger partial charge is 0.337 e. The van der Waals surface area contributed by atoms with Gasteiger partial charge in [-0.25, -0.2) is 19.1 Å². The molecule has 3 heterocycles. The van der Waals surface area contributed by atoms with Gasteiger partial charge in [0.25, 0.3) is 0 Å². The van der Waals surface area contributed by atoms with Gasteiger partial charge >= 0.3 is 11.7 Å². The molecule has 0 saturated heterocycles. The van der Waals surface area contributed by atoms with Crippen LogP contribution in [0.1, 0.15) is 41.4 Å². The van der Waals surface area contributed by atoms with E-state index in [-0.39, 0.29) is 17.8 Å². The van der Waals surface area contributed by atoms with E-state index in [9.17, 15) is 19.1 Å². The number of aromatic carboxylic acids is 1. The highest BCUT2D eigenvalue weighted by Gasteiger charge is 2.21. The summed E-state index contributed by atoms with van der Waals surface area (Å²) in [5.41, 5.74) is 2.72. The standard InChI is InChI=1S/C27H24FN7O3/c1-2-3-7-18-16-35(24-21(26(36)37)10-6-11-22(24)28)27(38)34(18)15-17-12-13-23(29-14-17)19-8-4-5-9-20(19)25-30-32-33-31-25/h4-6,8-14,16H,2-3,7,15H2,1H3,(H,36,37)(H,30,31,32,33). The molecular formula is C27H24FN7O3. The number of H-pyrrole nitrogens is 1. The summed E-state index contributed by atoms with van der Waals surface area (Å²) in [5.74, 6) is -1.57. The Bertz CT molecular complexity index is 1640. The normalized spacial score (nSPS) is 11.1. The first-order chi connectivity index (χ1) is 18.5. The number of unbranched alkanes of at least 4 members (excludes halogenated alkanes) is 1. The molecule has 0 spiro atoms. The topological polar surface area (TPSA) is 132 Å². The van der Waals surface area contributed by atoms with E-state index in [0.29, 0.717) is 23.6 Å². The van der Waals surface area contributed by atoms with Crippen LogP contribution < -0.4 is 5.69 Å². The van der Waals surface area contributed by atoms with Crippen LogP contribution >= 0.6 is 0 Å². The predicted molar refractivity (Wildman–Crippen MR) is 138 cm³/mol. The van der Waals surface area contributed by atoms with Crippen LogP contribution in [-0.4, -0.2) is 45.8 Å². The zero-order valence-electron chi connectivity index (χ0n) is 20.5. The largest absolute Gasteiger partial charge is 0.478 e. The molecular weight excluding hydrogens is 489 g/mol. The predicted octanol–water partition coefficient (Wildman–Crippen LogP) is 4.11. The molecule has 11 heteroatoms. The number of hydrogen-bond acceptors (Lipinski definition) is 6. The number of para-hydroxylation sites is 1. The maximum absolute atomic E-state index is 14.8. The quantitative estimate of drug-likeness (QED) is 0.303. The fourth-order valence-corrected chi connectivity index (χ4v) is 4.39. The summed E-state index contributed by atoms with van der Waals surface area (Å²) in [6, 6.07) is 15.1. The molecule has 0 bridgehead atoms. The summed E-state index contributed by atoms with van der Waals surface area (Å²) in [5, 5.41) is 23.6. The molecule has 192 valence electrons. The van der Waals surface area contributed by atoms with E-state index in [1.165, 1.54) is 18.3 Å². The van der Waals surface area contributed by atoms with E-state index >= 15 is 0 Å². The lowest BCUT2D eigenvalue weighted by Gasteiger charge is -2.10. The van der Waals surface area contributed by atoms with Crippen molar-refractivity contribution in [3.63, 3.8) is 0 Å². The minimum absolute atomic E-state index is 0.197. The fraction of sp³-hybridized carbons (Fsp3) is 0.185. The number of rotatable bonds is 9. The van der Waals surface area contributed by atoms with Gasteiger partial charge in [0.2, 0.25) is 0 Å². The van der Waals surface area contributed by atoms with Crippen LogP contribution in [0.15, 0.2) is 71.8 Å².